The number of methoxy groups -OCH3 is 1. The van der Waals surface area contributed by atoms with Gasteiger partial charge >= 0.3 is 5.97 Å². The Kier molecular flexibility index (Phi) is 19.7. The number of allylic oxidation sites excluding steroid dienone is 2. The van der Waals surface area contributed by atoms with Crippen LogP contribution in [-0.2, 0) is 47.5 Å². The number of ketones is 1. The fraction of sp³-hybridized carbons (Fsp3) is 0.902. The first-order valence-electron chi connectivity index (χ1n) is 30.1. The summed E-state index contributed by atoms with van der Waals surface area (Å²) < 4.78 is 51.3. The van der Waals surface area contributed by atoms with Gasteiger partial charge in [0.05, 0.1) is 54.9 Å². The lowest BCUT2D eigenvalue weighted by molar-refractivity contribution is -0.338. The second-order valence-electron chi connectivity index (χ2n) is 26.4. The van der Waals surface area contributed by atoms with E-state index in [1.54, 1.807) is 14.0 Å². The first kappa shape index (κ1) is 62.1. The summed E-state index contributed by atoms with van der Waals surface area (Å²) in [6.07, 6.45) is -3.65. The highest BCUT2D eigenvalue weighted by molar-refractivity contribution is 5.83. The number of rotatable bonds is 10. The molecule has 17 heteroatoms. The quantitative estimate of drug-likeness (QED) is 0.0935. The molecule has 7 N–H and O–H groups in total. The van der Waals surface area contributed by atoms with Gasteiger partial charge in [0.15, 0.2) is 18.9 Å². The minimum atomic E-state index is -1.42. The molecule has 2 saturated carbocycles. The van der Waals surface area contributed by atoms with Crippen molar-refractivity contribution in [3.63, 3.8) is 0 Å². The smallest absolute Gasteiger partial charge is 0.315 e. The maximum atomic E-state index is 14.9. The second kappa shape index (κ2) is 24.7. The van der Waals surface area contributed by atoms with E-state index in [0.29, 0.717) is 51.4 Å². The van der Waals surface area contributed by atoms with Gasteiger partial charge in [-0.1, -0.05) is 84.6 Å². The molecule has 8 rings (SSSR count). The Morgan fingerprint density at radius 1 is 0.718 bits per heavy atom. The Morgan fingerprint density at radius 2 is 1.33 bits per heavy atom. The van der Waals surface area contributed by atoms with Crippen LogP contribution in [0.1, 0.15) is 160 Å². The lowest BCUT2D eigenvalue weighted by Gasteiger charge is -2.61. The van der Waals surface area contributed by atoms with E-state index < -0.39 is 138 Å². The van der Waals surface area contributed by atoms with E-state index in [9.17, 15) is 45.3 Å². The number of hydrogen-bond acceptors (Lipinski definition) is 17. The molecule has 78 heavy (non-hydrogen) atoms. The number of ether oxygens (including phenoxy) is 8. The summed E-state index contributed by atoms with van der Waals surface area (Å²) >= 11 is 0. The number of carbonyl (C=O) groups excluding carboxylic acids is 2. The maximum absolute atomic E-state index is 14.9. The molecule has 0 aromatic heterocycles. The number of hydrogen-bond donors (Lipinski definition) is 7. The standard InChI is InChI=1S/C61H100O17/c1-14-39-21-38(28-62)19-31(5)53(75-47-24-44(66)54(36(10)73-47)76-48-25-45(71-13)55(37(11)74-48)77-46-23-43(65)52(67)35(9)72-46)29(3)17-16-18-59(12)26-32(6)33(7)27-61(59)57(69)49(58(70)78-61)56(68)60(15-2)50(39)30(4)20-40-42(64)22-41(63)34(8)51(40)60/h20,26,29,31,33-40,42-57,62,64-69H,14-19,21-25,27-28H2,1-13H3. The molecule has 17 nitrogen and oxygen atoms in total. The first-order chi connectivity index (χ1) is 36.8. The summed E-state index contributed by atoms with van der Waals surface area (Å²) in [5.41, 5.74) is -1.19. The predicted molar refractivity (Wildman–Crippen MR) is 288 cm³/mol. The largest absolute Gasteiger partial charge is 0.455 e. The van der Waals surface area contributed by atoms with Gasteiger partial charge in [0.1, 0.15) is 41.7 Å². The third-order valence-electron chi connectivity index (χ3n) is 21.5. The van der Waals surface area contributed by atoms with E-state index >= 15 is 0 Å². The van der Waals surface area contributed by atoms with Crippen molar-refractivity contribution in [2.45, 2.75) is 264 Å². The third kappa shape index (κ3) is 11.4. The zero-order chi connectivity index (χ0) is 57.1. The van der Waals surface area contributed by atoms with E-state index in [1.807, 2.05) is 34.6 Å². The van der Waals surface area contributed by atoms with Crippen molar-refractivity contribution in [2.75, 3.05) is 13.7 Å². The SMILES string of the molecule is CCC1CC(CO)CC(C)C(OC2CC(O)C(OC3CC(OC)C(OC4CC(O)C(O)C(C)O4)C(C)O3)C(C)O2)C(C)CCCC2(C)C=C(C)C(C)CC23OC(=O)C(C(O)C2(CC)C1C(C)=CC1C(O)CC(=O)C(C)C12)C3O. The van der Waals surface area contributed by atoms with Crippen LogP contribution in [0.4, 0.5) is 0 Å². The van der Waals surface area contributed by atoms with Gasteiger partial charge in [0, 0.05) is 62.1 Å². The molecule has 2 bridgehead atoms. The minimum absolute atomic E-state index is 0.00688. The van der Waals surface area contributed by atoms with Crippen molar-refractivity contribution in [3.05, 3.63) is 23.3 Å². The molecule has 4 saturated heterocycles. The van der Waals surface area contributed by atoms with Gasteiger partial charge in [-0.15, -0.1) is 0 Å². The number of fused-ring (bicyclic) bond motifs is 4. The monoisotopic (exact) mass is 1100 g/mol. The molecule has 0 radical (unpaired) electrons. The third-order valence-corrected chi connectivity index (χ3v) is 21.5. The number of esters is 1. The van der Waals surface area contributed by atoms with Gasteiger partial charge in [-0.2, -0.15) is 0 Å². The molecule has 6 fully saturated rings. The van der Waals surface area contributed by atoms with Crippen LogP contribution in [0.25, 0.3) is 0 Å². The molecule has 1 spiro atoms. The normalized spacial score (nSPS) is 51.7. The average molecular weight is 1110 g/mol. The fourth-order valence-corrected chi connectivity index (χ4v) is 17.2. The van der Waals surface area contributed by atoms with E-state index in [1.165, 1.54) is 0 Å². The number of Topliss-reactive ketones (excluding diaryl/α,β-unsaturated/α-hetero) is 1. The Bertz CT molecular complexity index is 2100. The van der Waals surface area contributed by atoms with Gasteiger partial charge in [0.25, 0.3) is 0 Å². The predicted octanol–water partition coefficient (Wildman–Crippen LogP) is 6.32. The second-order valence-corrected chi connectivity index (χ2v) is 26.4. The van der Waals surface area contributed by atoms with Gasteiger partial charge in [-0.05, 0) is 115 Å². The summed E-state index contributed by atoms with van der Waals surface area (Å²) in [5, 5.41) is 82.2. The maximum Gasteiger partial charge on any atom is 0.315 e. The molecule has 0 amide bonds. The van der Waals surface area contributed by atoms with E-state index in [-0.39, 0.29) is 79.7 Å². The van der Waals surface area contributed by atoms with Crippen LogP contribution >= 0.6 is 0 Å². The molecule has 4 aliphatic carbocycles. The summed E-state index contributed by atoms with van der Waals surface area (Å²) in [6.45, 7) is 23.9. The van der Waals surface area contributed by atoms with Crippen LogP contribution in [-0.4, -0.2) is 165 Å². The van der Waals surface area contributed by atoms with Crippen LogP contribution in [0.5, 0.6) is 0 Å². The first-order valence-corrected chi connectivity index (χ1v) is 30.1. The van der Waals surface area contributed by atoms with Crippen LogP contribution in [0.2, 0.25) is 0 Å². The van der Waals surface area contributed by atoms with Crippen molar-refractivity contribution < 1.29 is 83.2 Å². The van der Waals surface area contributed by atoms with Crippen molar-refractivity contribution in [1.29, 1.82) is 0 Å². The number of aliphatic hydroxyl groups excluding tert-OH is 7. The molecular formula is C61H100O17. The highest BCUT2D eigenvalue weighted by Gasteiger charge is 2.71. The summed E-state index contributed by atoms with van der Waals surface area (Å²) in [7, 11) is 1.58. The topological polar surface area (TPSA) is 250 Å². The van der Waals surface area contributed by atoms with Gasteiger partial charge < -0.3 is 73.6 Å². The Morgan fingerprint density at radius 3 is 1.95 bits per heavy atom. The number of aliphatic hydroxyl groups is 7. The summed E-state index contributed by atoms with van der Waals surface area (Å²) in [6, 6.07) is 0. The van der Waals surface area contributed by atoms with Crippen molar-refractivity contribution in [1.82, 2.24) is 0 Å². The fourth-order valence-electron chi connectivity index (χ4n) is 17.2. The van der Waals surface area contributed by atoms with Crippen LogP contribution in [0.3, 0.4) is 0 Å². The molecule has 4 aliphatic heterocycles. The molecule has 0 aromatic rings. The Labute approximate surface area is 464 Å². The molecular weight excluding hydrogens is 1000 g/mol. The van der Waals surface area contributed by atoms with Gasteiger partial charge in [-0.25, -0.2) is 0 Å². The van der Waals surface area contributed by atoms with Gasteiger partial charge in [0.2, 0.25) is 0 Å². The lowest BCUT2D eigenvalue weighted by Crippen LogP contribution is -2.64. The van der Waals surface area contributed by atoms with E-state index in [0.717, 1.165) is 11.1 Å². The molecule has 446 valence electrons. The van der Waals surface area contributed by atoms with E-state index in [4.69, 9.17) is 37.9 Å². The molecule has 0 aromatic carbocycles. The van der Waals surface area contributed by atoms with Crippen LogP contribution < -0.4 is 0 Å². The molecule has 4 heterocycles. The molecule has 8 aliphatic rings. The van der Waals surface area contributed by atoms with Crippen molar-refractivity contribution >= 4 is 11.8 Å². The number of carbonyl (C=O) groups is 2. The van der Waals surface area contributed by atoms with E-state index in [2.05, 4.69) is 53.7 Å². The Hall–Kier alpha value is -1.94. The highest BCUT2D eigenvalue weighted by atomic mass is 16.7. The minimum Gasteiger partial charge on any atom is -0.455 e. The zero-order valence-electron chi connectivity index (χ0n) is 49.1. The zero-order valence-corrected chi connectivity index (χ0v) is 49.1. The van der Waals surface area contributed by atoms with Crippen LogP contribution in [0, 0.1) is 70.0 Å². The average Bonchev–Trinajstić information content (AvgIpc) is 3.88. The lowest BCUT2D eigenvalue weighted by atomic mass is 9.44. The summed E-state index contributed by atoms with van der Waals surface area (Å²) in [4.78, 5) is 28.8. The van der Waals surface area contributed by atoms with Crippen molar-refractivity contribution in [3.8, 4) is 0 Å². The Balaban J connectivity index is 1.07. The van der Waals surface area contributed by atoms with Crippen molar-refractivity contribution in [2.24, 2.45) is 70.0 Å². The summed E-state index contributed by atoms with van der Waals surface area (Å²) in [5.74, 6) is -4.42. The molecule has 29 atom stereocenters. The van der Waals surface area contributed by atoms with Crippen LogP contribution in [0.15, 0.2) is 23.3 Å². The molecule has 29 unspecified atom stereocenters. The highest BCUT2D eigenvalue weighted by Crippen LogP contribution is 2.65. The van der Waals surface area contributed by atoms with Gasteiger partial charge in [-0.3, -0.25) is 9.59 Å².